The van der Waals surface area contributed by atoms with E-state index in [1.165, 1.54) is 29.2 Å². The third-order valence-corrected chi connectivity index (χ3v) is 5.85. The lowest BCUT2D eigenvalue weighted by atomic mass is 10.1. The molecular formula is C30H32N4O8. The number of urea groups is 1. The van der Waals surface area contributed by atoms with Gasteiger partial charge in [0.25, 0.3) is 5.91 Å². The number of aromatic nitrogens is 1. The minimum absolute atomic E-state index is 0.0339. The van der Waals surface area contributed by atoms with Crippen LogP contribution in [0.25, 0.3) is 0 Å². The van der Waals surface area contributed by atoms with Gasteiger partial charge in [0.2, 0.25) is 0 Å². The maximum absolute atomic E-state index is 13.3. The summed E-state index contributed by atoms with van der Waals surface area (Å²) in [6.45, 7) is 5.92. The Morgan fingerprint density at radius 3 is 2.50 bits per heavy atom. The lowest BCUT2D eigenvalue weighted by molar-refractivity contribution is -0.155. The number of carbonyl (C=O) groups is 4. The first-order valence-electron chi connectivity index (χ1n) is 13.3. The summed E-state index contributed by atoms with van der Waals surface area (Å²) >= 11 is 0. The van der Waals surface area contributed by atoms with E-state index >= 15 is 0 Å². The van der Waals surface area contributed by atoms with Crippen LogP contribution in [0.2, 0.25) is 0 Å². The molecule has 1 aliphatic rings. The predicted molar refractivity (Wildman–Crippen MR) is 154 cm³/mol. The van der Waals surface area contributed by atoms with Crippen molar-refractivity contribution in [3.63, 3.8) is 0 Å². The average molecular weight is 577 g/mol. The van der Waals surface area contributed by atoms with Crippen molar-refractivity contribution in [2.24, 2.45) is 0 Å². The predicted octanol–water partition coefficient (Wildman–Crippen LogP) is 4.96. The number of hydrogen-bond acceptors (Lipinski definition) is 8. The molecule has 42 heavy (non-hydrogen) atoms. The summed E-state index contributed by atoms with van der Waals surface area (Å²) in [7, 11) is 0. The Kier molecular flexibility index (Phi) is 9.25. The average Bonchev–Trinajstić information content (AvgIpc) is 2.94. The van der Waals surface area contributed by atoms with Gasteiger partial charge in [-0.2, -0.15) is 0 Å². The van der Waals surface area contributed by atoms with Crippen LogP contribution >= 0.6 is 0 Å². The van der Waals surface area contributed by atoms with Gasteiger partial charge in [-0.3, -0.25) is 14.5 Å². The molecular weight excluding hydrogens is 544 g/mol. The fraction of sp³-hybridized carbons (Fsp3) is 0.300. The van der Waals surface area contributed by atoms with E-state index < -0.39 is 23.5 Å². The van der Waals surface area contributed by atoms with Crippen LogP contribution in [0.15, 0.2) is 60.7 Å². The van der Waals surface area contributed by atoms with Gasteiger partial charge in [0.1, 0.15) is 23.7 Å². The quantitative estimate of drug-likeness (QED) is 0.236. The molecule has 0 aliphatic carbocycles. The van der Waals surface area contributed by atoms with E-state index in [-0.39, 0.29) is 60.7 Å². The zero-order chi connectivity index (χ0) is 30.3. The van der Waals surface area contributed by atoms with Crippen LogP contribution in [0.4, 0.5) is 22.0 Å². The molecule has 0 spiro atoms. The Morgan fingerprint density at radius 1 is 1.02 bits per heavy atom. The van der Waals surface area contributed by atoms with E-state index in [2.05, 4.69) is 15.6 Å². The van der Waals surface area contributed by atoms with Crippen molar-refractivity contribution in [3.05, 3.63) is 71.9 Å². The van der Waals surface area contributed by atoms with E-state index in [0.29, 0.717) is 17.9 Å². The first-order chi connectivity index (χ1) is 20.0. The number of rotatable bonds is 9. The summed E-state index contributed by atoms with van der Waals surface area (Å²) in [4.78, 5) is 55.6. The van der Waals surface area contributed by atoms with Crippen molar-refractivity contribution < 1.29 is 38.5 Å². The summed E-state index contributed by atoms with van der Waals surface area (Å²) < 4.78 is 16.7. The van der Waals surface area contributed by atoms with Gasteiger partial charge in [-0.05, 0) is 69.7 Å². The number of amides is 3. The molecule has 1 aromatic heterocycles. The van der Waals surface area contributed by atoms with Gasteiger partial charge in [-0.15, -0.1) is 0 Å². The van der Waals surface area contributed by atoms with Gasteiger partial charge in [0, 0.05) is 12.1 Å². The zero-order valence-corrected chi connectivity index (χ0v) is 23.5. The fourth-order valence-corrected chi connectivity index (χ4v) is 4.00. The Balaban J connectivity index is 1.48. The number of hydrogen-bond donors (Lipinski definition) is 3. The van der Waals surface area contributed by atoms with E-state index in [4.69, 9.17) is 14.2 Å². The van der Waals surface area contributed by atoms with Crippen LogP contribution in [0, 0.1) is 0 Å². The maximum atomic E-state index is 13.3. The summed E-state index contributed by atoms with van der Waals surface area (Å²) in [6.07, 6.45) is 0.470. The third kappa shape index (κ3) is 7.96. The number of ether oxygens (including phenoxy) is 3. The van der Waals surface area contributed by atoms with Gasteiger partial charge >= 0.3 is 18.0 Å². The van der Waals surface area contributed by atoms with Gasteiger partial charge < -0.3 is 30.0 Å². The molecule has 4 rings (SSSR count). The van der Waals surface area contributed by atoms with Crippen molar-refractivity contribution in [3.8, 4) is 11.5 Å². The minimum Gasteiger partial charge on any atom is -0.491 e. The molecule has 0 saturated carbocycles. The normalized spacial score (nSPS) is 12.4. The molecule has 3 N–H and O–H groups in total. The summed E-state index contributed by atoms with van der Waals surface area (Å²) in [5, 5.41) is 14.9. The maximum Gasteiger partial charge on any atom is 0.335 e. The number of fused-ring (bicyclic) bond motifs is 1. The molecule has 2 heterocycles. The summed E-state index contributed by atoms with van der Waals surface area (Å²) in [5.41, 5.74) is 0.00469. The van der Waals surface area contributed by atoms with Crippen LogP contribution in [-0.2, 0) is 9.53 Å². The van der Waals surface area contributed by atoms with Crippen LogP contribution < -0.4 is 25.0 Å². The van der Waals surface area contributed by atoms with Crippen LogP contribution in [0.5, 0.6) is 11.5 Å². The number of aromatic carboxylic acids is 1. The lowest BCUT2D eigenvalue weighted by Crippen LogP contribution is -2.41. The first kappa shape index (κ1) is 29.8. The molecule has 220 valence electrons. The Bertz CT molecular complexity index is 1470. The zero-order valence-electron chi connectivity index (χ0n) is 23.5. The molecule has 12 nitrogen and oxygen atoms in total. The van der Waals surface area contributed by atoms with Gasteiger partial charge in [0.05, 0.1) is 24.4 Å². The SMILES string of the molecule is CC(C)(C)OC(=O)CCCOc1ccc(C(=O)O)cc1NC(=O)c1ccc2c(n1)N(C(=O)Nc1ccccc1)CCO2. The number of esters is 1. The highest BCUT2D eigenvalue weighted by Gasteiger charge is 2.27. The molecule has 3 amide bonds. The molecule has 2 aromatic carbocycles. The monoisotopic (exact) mass is 576 g/mol. The second kappa shape index (κ2) is 13.0. The highest BCUT2D eigenvalue weighted by molar-refractivity contribution is 6.06. The molecule has 0 fully saturated rings. The summed E-state index contributed by atoms with van der Waals surface area (Å²) in [6, 6.07) is 15.5. The number of nitrogens with zero attached hydrogens (tertiary/aromatic N) is 2. The second-order valence-corrected chi connectivity index (χ2v) is 10.3. The molecule has 0 saturated heterocycles. The molecule has 0 bridgehead atoms. The third-order valence-electron chi connectivity index (χ3n) is 5.85. The standard InChI is InChI=1S/C30H32N4O8/c1-30(2,3)42-25(35)10-7-16-40-23-13-11-19(28(37)38)18-22(23)33-27(36)21-12-14-24-26(32-21)34(15-17-41-24)29(39)31-20-8-5-4-6-9-20/h4-6,8-9,11-14,18H,7,10,15-17H2,1-3H3,(H,31,39)(H,33,36)(H,37,38). The van der Waals surface area contributed by atoms with E-state index in [1.807, 2.05) is 6.07 Å². The molecule has 0 atom stereocenters. The molecule has 12 heteroatoms. The van der Waals surface area contributed by atoms with Crippen molar-refractivity contribution in [2.45, 2.75) is 39.2 Å². The van der Waals surface area contributed by atoms with E-state index in [1.54, 1.807) is 51.1 Å². The highest BCUT2D eigenvalue weighted by atomic mass is 16.6. The number of anilines is 3. The van der Waals surface area contributed by atoms with Crippen molar-refractivity contribution in [2.75, 3.05) is 35.3 Å². The molecule has 1 aliphatic heterocycles. The number of nitrogens with one attached hydrogen (secondary N) is 2. The topological polar surface area (TPSA) is 156 Å². The van der Waals surface area contributed by atoms with E-state index in [9.17, 15) is 24.3 Å². The largest absolute Gasteiger partial charge is 0.491 e. The van der Waals surface area contributed by atoms with Crippen LogP contribution in [-0.4, -0.2) is 59.3 Å². The van der Waals surface area contributed by atoms with Gasteiger partial charge in [-0.1, -0.05) is 18.2 Å². The lowest BCUT2D eigenvalue weighted by Gasteiger charge is -2.28. The van der Waals surface area contributed by atoms with Crippen LogP contribution in [0.1, 0.15) is 54.5 Å². The molecule has 0 unspecified atom stereocenters. The van der Waals surface area contributed by atoms with Crippen LogP contribution in [0.3, 0.4) is 0 Å². The molecule has 0 radical (unpaired) electrons. The Morgan fingerprint density at radius 2 is 1.79 bits per heavy atom. The van der Waals surface area contributed by atoms with E-state index in [0.717, 1.165) is 0 Å². The number of carboxylic acid groups (broad SMARTS) is 1. The number of carbonyl (C=O) groups excluding carboxylic acids is 3. The molecule has 3 aromatic rings. The number of benzene rings is 2. The highest BCUT2D eigenvalue weighted by Crippen LogP contribution is 2.31. The van der Waals surface area contributed by atoms with Crippen molar-refractivity contribution >= 4 is 41.1 Å². The first-order valence-corrected chi connectivity index (χ1v) is 13.3. The number of para-hydroxylation sites is 1. The van der Waals surface area contributed by atoms with Gasteiger partial charge in [0.15, 0.2) is 11.6 Å². The number of carboxylic acids is 1. The minimum atomic E-state index is -1.19. The van der Waals surface area contributed by atoms with Crippen molar-refractivity contribution in [1.82, 2.24) is 4.98 Å². The second-order valence-electron chi connectivity index (χ2n) is 10.3. The fourth-order valence-electron chi connectivity index (χ4n) is 4.00. The Labute approximate surface area is 242 Å². The number of pyridine rings is 1. The summed E-state index contributed by atoms with van der Waals surface area (Å²) in [5.74, 6) is -1.50. The Hall–Kier alpha value is -5.13. The smallest absolute Gasteiger partial charge is 0.335 e. The van der Waals surface area contributed by atoms with Crippen molar-refractivity contribution in [1.29, 1.82) is 0 Å². The van der Waals surface area contributed by atoms with Gasteiger partial charge in [-0.25, -0.2) is 14.6 Å².